The summed E-state index contributed by atoms with van der Waals surface area (Å²) in [5, 5.41) is 12.4. The molecular weight excluding hydrogens is 254 g/mol. The first-order chi connectivity index (χ1) is 9.66. The molecule has 0 aromatic heterocycles. The molecule has 3 rings (SSSR count). The fourth-order valence-electron chi connectivity index (χ4n) is 4.27. The summed E-state index contributed by atoms with van der Waals surface area (Å²) in [6.45, 7) is 0.725. The summed E-state index contributed by atoms with van der Waals surface area (Å²) < 4.78 is 0. The summed E-state index contributed by atoms with van der Waals surface area (Å²) in [6, 6.07) is 0. The number of carbonyl (C=O) groups excluding carboxylic acids is 1. The van der Waals surface area contributed by atoms with Crippen LogP contribution in [-0.2, 0) is 9.59 Å². The van der Waals surface area contributed by atoms with Gasteiger partial charge in [0.25, 0.3) is 0 Å². The second kappa shape index (κ2) is 5.58. The SMILES string of the molecule is O=C(O)[C@H]1[C@H](C(=O)NCC2CCCCC2)[C@H]2C=C[C@@H]1C2. The van der Waals surface area contributed by atoms with Crippen molar-refractivity contribution in [3.05, 3.63) is 12.2 Å². The predicted molar refractivity (Wildman–Crippen MR) is 74.9 cm³/mol. The van der Waals surface area contributed by atoms with Crippen LogP contribution in [0.25, 0.3) is 0 Å². The maximum Gasteiger partial charge on any atom is 0.307 e. The Bertz CT molecular complexity index is 425. The van der Waals surface area contributed by atoms with Gasteiger partial charge in [-0.3, -0.25) is 9.59 Å². The Morgan fingerprint density at radius 1 is 1.05 bits per heavy atom. The first-order valence-corrected chi connectivity index (χ1v) is 7.85. The smallest absolute Gasteiger partial charge is 0.307 e. The number of carboxylic acids is 1. The van der Waals surface area contributed by atoms with Crippen LogP contribution in [0.15, 0.2) is 12.2 Å². The molecule has 0 heterocycles. The molecule has 0 unspecified atom stereocenters. The fourth-order valence-corrected chi connectivity index (χ4v) is 4.27. The first-order valence-electron chi connectivity index (χ1n) is 7.85. The summed E-state index contributed by atoms with van der Waals surface area (Å²) >= 11 is 0. The molecule has 3 aliphatic carbocycles. The minimum atomic E-state index is -0.820. The Morgan fingerprint density at radius 2 is 1.70 bits per heavy atom. The van der Waals surface area contributed by atoms with E-state index in [-0.39, 0.29) is 23.7 Å². The topological polar surface area (TPSA) is 66.4 Å². The van der Waals surface area contributed by atoms with Gasteiger partial charge in [0.2, 0.25) is 5.91 Å². The van der Waals surface area contributed by atoms with E-state index in [1.54, 1.807) is 0 Å². The van der Waals surface area contributed by atoms with E-state index in [1.165, 1.54) is 32.1 Å². The van der Waals surface area contributed by atoms with E-state index in [1.807, 2.05) is 12.2 Å². The van der Waals surface area contributed by atoms with Gasteiger partial charge < -0.3 is 10.4 Å². The van der Waals surface area contributed by atoms with Gasteiger partial charge in [0.05, 0.1) is 11.8 Å². The standard InChI is InChI=1S/C16H23NO3/c18-15(17-9-10-4-2-1-3-5-10)13-11-6-7-12(8-11)14(13)16(19)20/h6-7,10-14H,1-5,8-9H2,(H,17,18)(H,19,20)/t11-,12+,13+,14+/m0/s1. The van der Waals surface area contributed by atoms with Crippen LogP contribution in [0.1, 0.15) is 38.5 Å². The molecule has 2 saturated carbocycles. The summed E-state index contributed by atoms with van der Waals surface area (Å²) in [4.78, 5) is 23.8. The Kier molecular flexibility index (Phi) is 3.81. The lowest BCUT2D eigenvalue weighted by molar-refractivity contribution is -0.147. The van der Waals surface area contributed by atoms with Crippen molar-refractivity contribution in [2.75, 3.05) is 6.54 Å². The zero-order valence-corrected chi connectivity index (χ0v) is 11.8. The van der Waals surface area contributed by atoms with Crippen LogP contribution in [0, 0.1) is 29.6 Å². The molecular formula is C16H23NO3. The van der Waals surface area contributed by atoms with Crippen molar-refractivity contribution >= 4 is 11.9 Å². The summed E-state index contributed by atoms with van der Waals surface area (Å²) in [5.41, 5.74) is 0. The molecule has 0 radical (unpaired) electrons. The van der Waals surface area contributed by atoms with Crippen LogP contribution in [0.3, 0.4) is 0 Å². The van der Waals surface area contributed by atoms with Gasteiger partial charge in [0, 0.05) is 6.54 Å². The number of carbonyl (C=O) groups is 2. The summed E-state index contributed by atoms with van der Waals surface area (Å²) in [5.74, 6) is -0.956. The van der Waals surface area contributed by atoms with Crippen LogP contribution >= 0.6 is 0 Å². The second-order valence-electron chi connectivity index (χ2n) is 6.59. The zero-order chi connectivity index (χ0) is 14.1. The number of hydrogen-bond donors (Lipinski definition) is 2. The van der Waals surface area contributed by atoms with Crippen molar-refractivity contribution < 1.29 is 14.7 Å². The molecule has 0 aliphatic heterocycles. The Hall–Kier alpha value is -1.32. The number of aliphatic carboxylic acids is 1. The molecule has 0 spiro atoms. The van der Waals surface area contributed by atoms with Gasteiger partial charge >= 0.3 is 5.97 Å². The Morgan fingerprint density at radius 3 is 2.35 bits per heavy atom. The monoisotopic (exact) mass is 277 g/mol. The van der Waals surface area contributed by atoms with Gasteiger partial charge in [-0.25, -0.2) is 0 Å². The number of allylic oxidation sites excluding steroid dienone is 2. The highest BCUT2D eigenvalue weighted by Crippen LogP contribution is 2.48. The van der Waals surface area contributed by atoms with Gasteiger partial charge in [-0.15, -0.1) is 0 Å². The van der Waals surface area contributed by atoms with Gasteiger partial charge in [0.15, 0.2) is 0 Å². The molecule has 4 nitrogen and oxygen atoms in total. The molecule has 2 fully saturated rings. The minimum Gasteiger partial charge on any atom is -0.481 e. The lowest BCUT2D eigenvalue weighted by Crippen LogP contribution is -2.42. The molecule has 0 aromatic carbocycles. The highest BCUT2D eigenvalue weighted by Gasteiger charge is 2.51. The van der Waals surface area contributed by atoms with Crippen LogP contribution in [0.2, 0.25) is 0 Å². The minimum absolute atomic E-state index is 0.0418. The van der Waals surface area contributed by atoms with Crippen molar-refractivity contribution in [2.24, 2.45) is 29.6 Å². The second-order valence-corrected chi connectivity index (χ2v) is 6.59. The summed E-state index contributed by atoms with van der Waals surface area (Å²) in [6.07, 6.45) is 11.1. The number of hydrogen-bond acceptors (Lipinski definition) is 2. The van der Waals surface area contributed by atoms with Crippen molar-refractivity contribution in [1.29, 1.82) is 0 Å². The van der Waals surface area contributed by atoms with E-state index < -0.39 is 11.9 Å². The molecule has 2 N–H and O–H groups in total. The molecule has 2 bridgehead atoms. The molecule has 110 valence electrons. The van der Waals surface area contributed by atoms with Crippen LogP contribution in [-0.4, -0.2) is 23.5 Å². The number of amides is 1. The molecule has 4 heteroatoms. The van der Waals surface area contributed by atoms with Crippen molar-refractivity contribution in [2.45, 2.75) is 38.5 Å². The predicted octanol–water partition coefficient (Wildman–Crippen LogP) is 2.21. The van der Waals surface area contributed by atoms with Gasteiger partial charge in [0.1, 0.15) is 0 Å². The number of nitrogens with one attached hydrogen (secondary N) is 1. The third kappa shape index (κ3) is 2.48. The molecule has 4 atom stereocenters. The largest absolute Gasteiger partial charge is 0.481 e. The van der Waals surface area contributed by atoms with E-state index in [2.05, 4.69) is 5.32 Å². The van der Waals surface area contributed by atoms with Gasteiger partial charge in [-0.05, 0) is 37.0 Å². The van der Waals surface area contributed by atoms with Gasteiger partial charge in [-0.1, -0.05) is 31.4 Å². The Balaban J connectivity index is 1.58. The van der Waals surface area contributed by atoms with E-state index in [0.717, 1.165) is 13.0 Å². The molecule has 20 heavy (non-hydrogen) atoms. The van der Waals surface area contributed by atoms with E-state index in [9.17, 15) is 14.7 Å². The van der Waals surface area contributed by atoms with Gasteiger partial charge in [-0.2, -0.15) is 0 Å². The maximum atomic E-state index is 12.4. The van der Waals surface area contributed by atoms with E-state index in [0.29, 0.717) is 5.92 Å². The lowest BCUT2D eigenvalue weighted by atomic mass is 9.82. The van der Waals surface area contributed by atoms with E-state index in [4.69, 9.17) is 0 Å². The number of fused-ring (bicyclic) bond motifs is 2. The molecule has 0 aromatic rings. The highest BCUT2D eigenvalue weighted by molar-refractivity contribution is 5.86. The lowest BCUT2D eigenvalue weighted by Gasteiger charge is -2.26. The normalized spacial score (nSPS) is 36.2. The average molecular weight is 277 g/mol. The van der Waals surface area contributed by atoms with Crippen molar-refractivity contribution in [3.8, 4) is 0 Å². The molecule has 0 saturated heterocycles. The molecule has 3 aliphatic rings. The number of rotatable bonds is 4. The summed E-state index contributed by atoms with van der Waals surface area (Å²) in [7, 11) is 0. The van der Waals surface area contributed by atoms with Crippen LogP contribution in [0.5, 0.6) is 0 Å². The zero-order valence-electron chi connectivity index (χ0n) is 11.8. The number of carboxylic acid groups (broad SMARTS) is 1. The first kappa shape index (κ1) is 13.7. The van der Waals surface area contributed by atoms with Crippen LogP contribution in [0.4, 0.5) is 0 Å². The maximum absolute atomic E-state index is 12.4. The van der Waals surface area contributed by atoms with E-state index >= 15 is 0 Å². The molecule has 1 amide bonds. The highest BCUT2D eigenvalue weighted by atomic mass is 16.4. The van der Waals surface area contributed by atoms with Crippen LogP contribution < -0.4 is 5.32 Å². The third-order valence-electron chi connectivity index (χ3n) is 5.34. The Labute approximate surface area is 119 Å². The quantitative estimate of drug-likeness (QED) is 0.774. The van der Waals surface area contributed by atoms with Crippen molar-refractivity contribution in [1.82, 2.24) is 5.32 Å². The average Bonchev–Trinajstić information content (AvgIpc) is 3.06. The third-order valence-corrected chi connectivity index (χ3v) is 5.34. The fraction of sp³-hybridized carbons (Fsp3) is 0.750. The van der Waals surface area contributed by atoms with Crippen molar-refractivity contribution in [3.63, 3.8) is 0 Å².